The number of nitrogens with zero attached hydrogens (tertiary/aromatic N) is 4. The quantitative estimate of drug-likeness (QED) is 0.421. The highest BCUT2D eigenvalue weighted by Crippen LogP contribution is 2.15. The van der Waals surface area contributed by atoms with E-state index >= 15 is 0 Å². The third-order valence-corrected chi connectivity index (χ3v) is 4.78. The number of hydrogen-bond acceptors (Lipinski definition) is 4. The van der Waals surface area contributed by atoms with E-state index in [2.05, 4.69) is 39.6 Å². The molecule has 0 aromatic carbocycles. The lowest BCUT2D eigenvalue weighted by Gasteiger charge is -2.34. The van der Waals surface area contributed by atoms with Gasteiger partial charge in [-0.2, -0.15) is 0 Å². The van der Waals surface area contributed by atoms with E-state index in [1.165, 1.54) is 0 Å². The highest BCUT2D eigenvalue weighted by Gasteiger charge is 2.21. The van der Waals surface area contributed by atoms with E-state index in [1.807, 2.05) is 11.6 Å². The Hall–Kier alpha value is -0.870. The molecule has 3 heterocycles. The molecule has 2 aromatic heterocycles. The summed E-state index contributed by atoms with van der Waals surface area (Å²) >= 11 is 1.65. The van der Waals surface area contributed by atoms with Gasteiger partial charge in [-0.15, -0.1) is 35.3 Å². The van der Waals surface area contributed by atoms with Crippen molar-refractivity contribution < 1.29 is 4.74 Å². The standard InChI is InChI=1S/C16H25N5OS.HI/c1-3-17-15(20-7-5-14(6-8-20)22-4-2)18-11-13-12-21-9-10-23-16(21)19-13;/h9-10,12,14H,3-8,11H2,1-2H3,(H,17,18);1H. The van der Waals surface area contributed by atoms with Crippen molar-refractivity contribution in [2.45, 2.75) is 39.3 Å². The lowest BCUT2D eigenvalue weighted by molar-refractivity contribution is 0.0263. The molecule has 1 aliphatic heterocycles. The molecule has 1 N–H and O–H groups in total. The molecule has 2 aromatic rings. The number of likely N-dealkylation sites (tertiary alicyclic amines) is 1. The van der Waals surface area contributed by atoms with Crippen LogP contribution in [-0.2, 0) is 11.3 Å². The summed E-state index contributed by atoms with van der Waals surface area (Å²) < 4.78 is 7.78. The third kappa shape index (κ3) is 4.82. The molecule has 24 heavy (non-hydrogen) atoms. The van der Waals surface area contributed by atoms with Gasteiger partial charge in [0.05, 0.1) is 18.3 Å². The Balaban J connectivity index is 0.00000208. The van der Waals surface area contributed by atoms with Crippen LogP contribution in [0.3, 0.4) is 0 Å². The number of guanidine groups is 1. The van der Waals surface area contributed by atoms with Crippen LogP contribution in [0.2, 0.25) is 0 Å². The van der Waals surface area contributed by atoms with Crippen molar-refractivity contribution in [3.8, 4) is 0 Å². The summed E-state index contributed by atoms with van der Waals surface area (Å²) in [4.78, 5) is 12.7. The fourth-order valence-corrected chi connectivity index (χ4v) is 3.62. The predicted molar refractivity (Wildman–Crippen MR) is 110 cm³/mol. The number of nitrogens with one attached hydrogen (secondary N) is 1. The van der Waals surface area contributed by atoms with Crippen LogP contribution in [0.5, 0.6) is 0 Å². The summed E-state index contributed by atoms with van der Waals surface area (Å²) in [6.45, 7) is 8.45. The second-order valence-corrected chi connectivity index (χ2v) is 6.51. The number of ether oxygens (including phenoxy) is 1. The number of halogens is 1. The van der Waals surface area contributed by atoms with Crippen LogP contribution >= 0.6 is 35.3 Å². The van der Waals surface area contributed by atoms with E-state index in [1.54, 1.807) is 11.3 Å². The Labute approximate surface area is 164 Å². The van der Waals surface area contributed by atoms with E-state index in [9.17, 15) is 0 Å². The van der Waals surface area contributed by atoms with Gasteiger partial charge in [0.15, 0.2) is 10.9 Å². The molecular formula is C16H26IN5OS. The number of aromatic nitrogens is 2. The van der Waals surface area contributed by atoms with Crippen LogP contribution in [0.25, 0.3) is 4.96 Å². The Morgan fingerprint density at radius 2 is 2.21 bits per heavy atom. The second-order valence-electron chi connectivity index (χ2n) is 5.64. The number of imidazole rings is 1. The minimum absolute atomic E-state index is 0. The summed E-state index contributed by atoms with van der Waals surface area (Å²) in [6, 6.07) is 0. The van der Waals surface area contributed by atoms with Gasteiger partial charge in [-0.3, -0.25) is 4.40 Å². The van der Waals surface area contributed by atoms with Crippen molar-refractivity contribution in [3.05, 3.63) is 23.5 Å². The Morgan fingerprint density at radius 3 is 2.88 bits per heavy atom. The fourth-order valence-electron chi connectivity index (χ4n) is 2.90. The molecule has 0 amide bonds. The van der Waals surface area contributed by atoms with Gasteiger partial charge in [0.25, 0.3) is 0 Å². The Kier molecular flexibility index (Phi) is 7.76. The molecule has 0 atom stereocenters. The monoisotopic (exact) mass is 463 g/mol. The average molecular weight is 463 g/mol. The van der Waals surface area contributed by atoms with Crippen molar-refractivity contribution in [1.82, 2.24) is 19.6 Å². The fraction of sp³-hybridized carbons (Fsp3) is 0.625. The molecule has 134 valence electrons. The topological polar surface area (TPSA) is 54.2 Å². The number of piperidine rings is 1. The van der Waals surface area contributed by atoms with E-state index in [0.29, 0.717) is 12.6 Å². The van der Waals surface area contributed by atoms with Gasteiger partial charge in [-0.25, -0.2) is 9.98 Å². The van der Waals surface area contributed by atoms with Gasteiger partial charge >= 0.3 is 0 Å². The number of hydrogen-bond donors (Lipinski definition) is 1. The first kappa shape index (κ1) is 19.5. The van der Waals surface area contributed by atoms with E-state index in [-0.39, 0.29) is 24.0 Å². The summed E-state index contributed by atoms with van der Waals surface area (Å²) in [5, 5.41) is 5.44. The first-order valence-electron chi connectivity index (χ1n) is 8.36. The zero-order valence-corrected chi connectivity index (χ0v) is 17.4. The minimum atomic E-state index is 0. The summed E-state index contributed by atoms with van der Waals surface area (Å²) in [5.41, 5.74) is 1.01. The number of thiazole rings is 1. The molecule has 1 aliphatic rings. The minimum Gasteiger partial charge on any atom is -0.378 e. The van der Waals surface area contributed by atoms with Crippen molar-refractivity contribution in [2.24, 2.45) is 4.99 Å². The summed E-state index contributed by atoms with van der Waals surface area (Å²) in [5.74, 6) is 0.985. The molecule has 8 heteroatoms. The highest BCUT2D eigenvalue weighted by molar-refractivity contribution is 14.0. The summed E-state index contributed by atoms with van der Waals surface area (Å²) in [7, 11) is 0. The van der Waals surface area contributed by atoms with Crippen LogP contribution < -0.4 is 5.32 Å². The molecule has 3 rings (SSSR count). The molecule has 0 radical (unpaired) electrons. The molecule has 1 fully saturated rings. The number of rotatable bonds is 5. The SMILES string of the molecule is CCNC(=NCc1cn2ccsc2n1)N1CCC(OCC)CC1.I. The van der Waals surface area contributed by atoms with Gasteiger partial charge in [-0.1, -0.05) is 0 Å². The molecular weight excluding hydrogens is 437 g/mol. The molecule has 0 aliphatic carbocycles. The summed E-state index contributed by atoms with van der Waals surface area (Å²) in [6.07, 6.45) is 6.63. The Bertz CT molecular complexity index is 619. The first-order chi connectivity index (χ1) is 11.3. The van der Waals surface area contributed by atoms with E-state index in [4.69, 9.17) is 9.73 Å². The second kappa shape index (κ2) is 9.57. The van der Waals surface area contributed by atoms with Crippen LogP contribution in [-0.4, -0.2) is 52.6 Å². The van der Waals surface area contributed by atoms with Crippen molar-refractivity contribution in [3.63, 3.8) is 0 Å². The molecule has 1 saturated heterocycles. The van der Waals surface area contributed by atoms with Gasteiger partial charge in [0.2, 0.25) is 0 Å². The molecule has 0 saturated carbocycles. The maximum atomic E-state index is 5.73. The number of aliphatic imine (C=N–C) groups is 1. The first-order valence-corrected chi connectivity index (χ1v) is 9.24. The Morgan fingerprint density at radius 1 is 1.42 bits per heavy atom. The van der Waals surface area contributed by atoms with Gasteiger partial charge < -0.3 is 15.0 Å². The van der Waals surface area contributed by atoms with Gasteiger partial charge in [0, 0.05) is 44.0 Å². The molecule has 6 nitrogen and oxygen atoms in total. The zero-order chi connectivity index (χ0) is 16.1. The van der Waals surface area contributed by atoms with Crippen LogP contribution in [0.1, 0.15) is 32.4 Å². The van der Waals surface area contributed by atoms with Crippen LogP contribution in [0.15, 0.2) is 22.8 Å². The lowest BCUT2D eigenvalue weighted by atomic mass is 10.1. The molecule has 0 spiro atoms. The molecule has 0 bridgehead atoms. The predicted octanol–water partition coefficient (Wildman–Crippen LogP) is 2.98. The third-order valence-electron chi connectivity index (χ3n) is 4.01. The maximum absolute atomic E-state index is 5.73. The van der Waals surface area contributed by atoms with Gasteiger partial charge in [0.1, 0.15) is 0 Å². The highest BCUT2D eigenvalue weighted by atomic mass is 127. The zero-order valence-electron chi connectivity index (χ0n) is 14.3. The van der Waals surface area contributed by atoms with Crippen LogP contribution in [0.4, 0.5) is 0 Å². The van der Waals surface area contributed by atoms with Crippen LogP contribution in [0, 0.1) is 0 Å². The maximum Gasteiger partial charge on any atom is 0.194 e. The largest absolute Gasteiger partial charge is 0.378 e. The van der Waals surface area contributed by atoms with E-state index < -0.39 is 0 Å². The normalized spacial score (nSPS) is 16.4. The smallest absolute Gasteiger partial charge is 0.194 e. The number of fused-ring (bicyclic) bond motifs is 1. The van der Waals surface area contributed by atoms with E-state index in [0.717, 1.165) is 55.7 Å². The van der Waals surface area contributed by atoms with Crippen molar-refractivity contribution in [1.29, 1.82) is 0 Å². The average Bonchev–Trinajstić information content (AvgIpc) is 3.14. The van der Waals surface area contributed by atoms with Crippen molar-refractivity contribution >= 4 is 46.2 Å². The van der Waals surface area contributed by atoms with Crippen molar-refractivity contribution in [2.75, 3.05) is 26.2 Å². The molecule has 0 unspecified atom stereocenters. The lowest BCUT2D eigenvalue weighted by Crippen LogP contribution is -2.47. The van der Waals surface area contributed by atoms with Gasteiger partial charge in [-0.05, 0) is 26.7 Å².